The van der Waals surface area contributed by atoms with E-state index in [4.69, 9.17) is 17.0 Å². The Hall–Kier alpha value is -2.48. The van der Waals surface area contributed by atoms with Crippen LogP contribution in [0.4, 0.5) is 13.2 Å². The van der Waals surface area contributed by atoms with E-state index in [1.54, 1.807) is 24.3 Å². The van der Waals surface area contributed by atoms with Gasteiger partial charge in [-0.2, -0.15) is 13.2 Å². The van der Waals surface area contributed by atoms with E-state index < -0.39 is 24.3 Å². The second-order valence-electron chi connectivity index (χ2n) is 6.76. The normalized spacial score (nSPS) is 14.1. The minimum atomic E-state index is -4.68. The summed E-state index contributed by atoms with van der Waals surface area (Å²) in [6, 6.07) is 6.30. The molecule has 28 heavy (non-hydrogen) atoms. The Balaban J connectivity index is 2.27. The van der Waals surface area contributed by atoms with Crippen LogP contribution < -0.4 is 10.6 Å². The van der Waals surface area contributed by atoms with E-state index in [9.17, 15) is 18.0 Å². The summed E-state index contributed by atoms with van der Waals surface area (Å²) in [7, 11) is 1.45. The van der Waals surface area contributed by atoms with Crippen molar-refractivity contribution in [3.63, 3.8) is 0 Å². The van der Waals surface area contributed by atoms with Gasteiger partial charge in [-0.25, -0.2) is 0 Å². The smallest absolute Gasteiger partial charge is 0.376 e. The summed E-state index contributed by atoms with van der Waals surface area (Å²) in [5, 5.41) is 13.6. The van der Waals surface area contributed by atoms with Gasteiger partial charge in [-0.3, -0.25) is 10.2 Å². The van der Waals surface area contributed by atoms with E-state index in [2.05, 4.69) is 10.6 Å². The van der Waals surface area contributed by atoms with Gasteiger partial charge in [0.2, 0.25) is 0 Å². The van der Waals surface area contributed by atoms with Gasteiger partial charge in [0.05, 0.1) is 6.54 Å². The molecule has 3 rings (SSSR count). The molecule has 0 bridgehead atoms. The van der Waals surface area contributed by atoms with Crippen LogP contribution in [0.25, 0.3) is 11.1 Å². The lowest BCUT2D eigenvalue weighted by molar-refractivity contribution is -0.143. The van der Waals surface area contributed by atoms with Crippen LogP contribution in [0.2, 0.25) is 5.02 Å². The summed E-state index contributed by atoms with van der Waals surface area (Å²) < 4.78 is 42.6. The molecular formula is C19H20ClF3N4O. The van der Waals surface area contributed by atoms with Crippen molar-refractivity contribution in [2.24, 2.45) is 0 Å². The highest BCUT2D eigenvalue weighted by molar-refractivity contribution is 6.30. The molecule has 1 heterocycles. The summed E-state index contributed by atoms with van der Waals surface area (Å²) >= 11 is 5.91. The summed E-state index contributed by atoms with van der Waals surface area (Å²) in [5.74, 6) is -0.710. The maximum atomic E-state index is 13.9. The molecule has 0 unspecified atom stereocenters. The van der Waals surface area contributed by atoms with Crippen molar-refractivity contribution in [1.29, 1.82) is 5.41 Å². The molecule has 1 aliphatic rings. The fourth-order valence-electron chi connectivity index (χ4n) is 3.19. The van der Waals surface area contributed by atoms with E-state index >= 15 is 0 Å². The number of benzene rings is 1. The van der Waals surface area contributed by atoms with Gasteiger partial charge in [-0.05, 0) is 43.0 Å². The standard InChI is InChI=1S/C19H20ClF3N4O/c1-10-15(11-3-5-12(20)6-4-11)16(18(28)26-13-7-8-13)27(9-14(24)25-2)17(10)19(21,22)23/h3-6,13H,7-9H2,1-2H3,(H2,24,25)(H,26,28). The first-order valence-electron chi connectivity index (χ1n) is 8.75. The highest BCUT2D eigenvalue weighted by atomic mass is 35.5. The first kappa shape index (κ1) is 20.3. The monoisotopic (exact) mass is 412 g/mol. The van der Waals surface area contributed by atoms with Crippen LogP contribution in [0.5, 0.6) is 0 Å². The highest BCUT2D eigenvalue weighted by Crippen LogP contribution is 2.41. The summed E-state index contributed by atoms with van der Waals surface area (Å²) in [5.41, 5.74) is -0.425. The van der Waals surface area contributed by atoms with Gasteiger partial charge in [-0.15, -0.1) is 0 Å². The number of alkyl halides is 3. The van der Waals surface area contributed by atoms with Gasteiger partial charge >= 0.3 is 6.18 Å². The van der Waals surface area contributed by atoms with Crippen molar-refractivity contribution < 1.29 is 18.0 Å². The van der Waals surface area contributed by atoms with Crippen molar-refractivity contribution in [3.8, 4) is 11.1 Å². The molecule has 0 atom stereocenters. The number of halogens is 4. The van der Waals surface area contributed by atoms with Crippen LogP contribution in [-0.4, -0.2) is 29.4 Å². The predicted octanol–water partition coefficient (Wildman–Crippen LogP) is 4.22. The molecule has 0 radical (unpaired) electrons. The van der Waals surface area contributed by atoms with Crippen molar-refractivity contribution >= 4 is 23.3 Å². The molecule has 3 N–H and O–H groups in total. The van der Waals surface area contributed by atoms with Crippen molar-refractivity contribution in [2.75, 3.05) is 7.05 Å². The van der Waals surface area contributed by atoms with Gasteiger partial charge in [-0.1, -0.05) is 23.7 Å². The van der Waals surface area contributed by atoms with E-state index in [1.807, 2.05) is 0 Å². The molecule has 1 aliphatic carbocycles. The van der Waals surface area contributed by atoms with E-state index in [-0.39, 0.29) is 28.7 Å². The Bertz CT molecular complexity index is 915. The molecule has 1 amide bonds. The molecule has 9 heteroatoms. The van der Waals surface area contributed by atoms with Crippen molar-refractivity contribution in [3.05, 3.63) is 46.2 Å². The summed E-state index contributed by atoms with van der Waals surface area (Å²) in [4.78, 5) is 12.9. The zero-order chi connectivity index (χ0) is 20.6. The predicted molar refractivity (Wildman–Crippen MR) is 102 cm³/mol. The van der Waals surface area contributed by atoms with Crippen LogP contribution in [0, 0.1) is 12.3 Å². The molecule has 150 valence electrons. The number of carbonyl (C=O) groups excluding carboxylic acids is 1. The topological polar surface area (TPSA) is 69.9 Å². The summed E-state index contributed by atoms with van der Waals surface area (Å²) in [6.45, 7) is 0.952. The van der Waals surface area contributed by atoms with Crippen molar-refractivity contribution in [2.45, 2.75) is 38.5 Å². The quantitative estimate of drug-likeness (QED) is 0.508. The number of aromatic nitrogens is 1. The van der Waals surface area contributed by atoms with Gasteiger partial charge in [0.1, 0.15) is 17.2 Å². The Morgan fingerprint density at radius 3 is 2.39 bits per heavy atom. The second kappa shape index (κ2) is 7.50. The molecule has 2 aromatic rings. The number of rotatable bonds is 5. The Kier molecular flexibility index (Phi) is 5.43. The van der Waals surface area contributed by atoms with Crippen molar-refractivity contribution in [1.82, 2.24) is 15.2 Å². The van der Waals surface area contributed by atoms with Crippen LogP contribution in [0.15, 0.2) is 24.3 Å². The fraction of sp³-hybridized carbons (Fsp3) is 0.368. The molecule has 0 aliphatic heterocycles. The van der Waals surface area contributed by atoms with E-state index in [0.29, 0.717) is 10.6 Å². The largest absolute Gasteiger partial charge is 0.431 e. The Labute approximate surface area is 165 Å². The van der Waals surface area contributed by atoms with Gasteiger partial charge in [0.25, 0.3) is 5.91 Å². The third-order valence-electron chi connectivity index (χ3n) is 4.65. The molecule has 1 aromatic heterocycles. The lowest BCUT2D eigenvalue weighted by atomic mass is 10.0. The number of nitrogens with one attached hydrogen (secondary N) is 3. The number of likely N-dealkylation sites (N-methyl/N-ethyl adjacent to an activating group) is 1. The molecule has 0 saturated heterocycles. The number of hydrogen-bond acceptors (Lipinski definition) is 2. The lowest BCUT2D eigenvalue weighted by Crippen LogP contribution is -2.32. The third-order valence-corrected chi connectivity index (χ3v) is 4.91. The van der Waals surface area contributed by atoms with Crippen LogP contribution >= 0.6 is 11.6 Å². The fourth-order valence-corrected chi connectivity index (χ4v) is 3.32. The number of nitrogens with zero attached hydrogens (tertiary/aromatic N) is 1. The van der Waals surface area contributed by atoms with Crippen LogP contribution in [0.3, 0.4) is 0 Å². The van der Waals surface area contributed by atoms with Gasteiger partial charge in [0.15, 0.2) is 0 Å². The van der Waals surface area contributed by atoms with E-state index in [1.165, 1.54) is 14.0 Å². The maximum Gasteiger partial charge on any atom is 0.431 e. The number of amidine groups is 1. The highest BCUT2D eigenvalue weighted by Gasteiger charge is 2.41. The summed E-state index contributed by atoms with van der Waals surface area (Å²) in [6.07, 6.45) is -3.07. The first-order valence-corrected chi connectivity index (χ1v) is 9.13. The lowest BCUT2D eigenvalue weighted by Gasteiger charge is -2.16. The van der Waals surface area contributed by atoms with E-state index in [0.717, 1.165) is 17.4 Å². The zero-order valence-corrected chi connectivity index (χ0v) is 16.1. The second-order valence-corrected chi connectivity index (χ2v) is 7.20. The molecular weight excluding hydrogens is 393 g/mol. The molecule has 0 spiro atoms. The Morgan fingerprint density at radius 1 is 1.29 bits per heavy atom. The maximum absolute atomic E-state index is 13.9. The molecule has 1 aromatic carbocycles. The minimum absolute atomic E-state index is 0.0210. The van der Waals surface area contributed by atoms with Crippen LogP contribution in [0.1, 0.15) is 34.6 Å². The number of hydrogen-bond donors (Lipinski definition) is 3. The van der Waals surface area contributed by atoms with Gasteiger partial charge in [0, 0.05) is 23.7 Å². The van der Waals surface area contributed by atoms with Crippen LogP contribution in [-0.2, 0) is 12.7 Å². The van der Waals surface area contributed by atoms with Gasteiger partial charge < -0.3 is 15.2 Å². The Morgan fingerprint density at radius 2 is 1.89 bits per heavy atom. The third kappa shape index (κ3) is 4.01. The minimum Gasteiger partial charge on any atom is -0.376 e. The first-order chi connectivity index (χ1) is 13.1. The molecule has 1 saturated carbocycles. The average molecular weight is 413 g/mol. The number of carbonyl (C=O) groups is 1. The average Bonchev–Trinajstić information content (AvgIpc) is 3.37. The SMILES string of the molecule is CNC(=N)Cn1c(C(=O)NC2CC2)c(-c2ccc(Cl)cc2)c(C)c1C(F)(F)F. The number of amides is 1. The zero-order valence-electron chi connectivity index (χ0n) is 15.4. The molecule has 1 fully saturated rings. The molecule has 5 nitrogen and oxygen atoms in total.